The van der Waals surface area contributed by atoms with Crippen molar-refractivity contribution in [2.24, 2.45) is 0 Å². The molecular formula is C11H12BrNO2. The second-order valence-corrected chi connectivity index (χ2v) is 4.35. The molecule has 1 aliphatic heterocycles. The van der Waals surface area contributed by atoms with Crippen LogP contribution in [0.1, 0.15) is 12.5 Å². The molecule has 4 heteroatoms. The number of benzene rings is 1. The first-order chi connectivity index (χ1) is 7.15. The summed E-state index contributed by atoms with van der Waals surface area (Å²) < 4.78 is 6.23. The van der Waals surface area contributed by atoms with Crippen molar-refractivity contribution in [2.75, 3.05) is 18.6 Å². The van der Waals surface area contributed by atoms with E-state index in [1.807, 2.05) is 12.1 Å². The van der Waals surface area contributed by atoms with E-state index in [1.54, 1.807) is 18.9 Å². The van der Waals surface area contributed by atoms with Gasteiger partial charge in [0, 0.05) is 23.5 Å². The van der Waals surface area contributed by atoms with Crippen LogP contribution in [-0.2, 0) is 11.2 Å². The minimum absolute atomic E-state index is 0.0719. The third-order valence-corrected chi connectivity index (χ3v) is 3.29. The predicted molar refractivity (Wildman–Crippen MR) is 62.4 cm³/mol. The lowest BCUT2D eigenvalue weighted by molar-refractivity contribution is -0.116. The predicted octanol–water partition coefficient (Wildman–Crippen LogP) is 2.37. The van der Waals surface area contributed by atoms with Crippen molar-refractivity contribution in [1.82, 2.24) is 0 Å². The van der Waals surface area contributed by atoms with Gasteiger partial charge in [-0.2, -0.15) is 0 Å². The molecule has 1 heterocycles. The molecule has 3 nitrogen and oxygen atoms in total. The summed E-state index contributed by atoms with van der Waals surface area (Å²) in [6, 6.07) is 3.84. The number of nitrogens with zero attached hydrogens (tertiary/aromatic N) is 1. The van der Waals surface area contributed by atoms with Crippen LogP contribution in [0.4, 0.5) is 5.69 Å². The van der Waals surface area contributed by atoms with Gasteiger partial charge in [-0.25, -0.2) is 0 Å². The maximum atomic E-state index is 11.4. The second-order valence-electron chi connectivity index (χ2n) is 3.50. The number of anilines is 1. The average molecular weight is 270 g/mol. The van der Waals surface area contributed by atoms with Gasteiger partial charge < -0.3 is 9.64 Å². The van der Waals surface area contributed by atoms with E-state index < -0.39 is 0 Å². The largest absolute Gasteiger partial charge is 0.496 e. The minimum atomic E-state index is 0.0719. The van der Waals surface area contributed by atoms with E-state index in [-0.39, 0.29) is 5.91 Å². The molecule has 1 aliphatic rings. The number of hydrogen-bond acceptors (Lipinski definition) is 2. The summed E-state index contributed by atoms with van der Waals surface area (Å²) >= 11 is 3.47. The van der Waals surface area contributed by atoms with Gasteiger partial charge in [0.25, 0.3) is 0 Å². The highest BCUT2D eigenvalue weighted by Gasteiger charge is 2.27. The number of ether oxygens (including phenoxy) is 1. The molecule has 0 saturated carbocycles. The summed E-state index contributed by atoms with van der Waals surface area (Å²) in [5, 5.41) is 0. The first-order valence-electron chi connectivity index (χ1n) is 4.78. The summed E-state index contributed by atoms with van der Waals surface area (Å²) in [4.78, 5) is 13.2. The first kappa shape index (κ1) is 10.5. The topological polar surface area (TPSA) is 29.5 Å². The van der Waals surface area contributed by atoms with Gasteiger partial charge in [-0.05, 0) is 34.5 Å². The Bertz CT molecular complexity index is 417. The summed E-state index contributed by atoms with van der Waals surface area (Å²) in [6.45, 7) is 2.32. The monoisotopic (exact) mass is 269 g/mol. The maximum absolute atomic E-state index is 11.4. The third-order valence-electron chi connectivity index (χ3n) is 2.65. The molecular weight excluding hydrogens is 258 g/mol. The molecule has 1 aromatic rings. The molecule has 0 spiro atoms. The number of methoxy groups -OCH3 is 1. The molecule has 0 unspecified atom stereocenters. The van der Waals surface area contributed by atoms with Crippen LogP contribution in [0.5, 0.6) is 5.75 Å². The quantitative estimate of drug-likeness (QED) is 0.784. The van der Waals surface area contributed by atoms with Crippen LogP contribution in [-0.4, -0.2) is 19.6 Å². The second kappa shape index (κ2) is 3.85. The Morgan fingerprint density at radius 3 is 2.87 bits per heavy atom. The highest BCUT2D eigenvalue weighted by atomic mass is 79.9. The van der Waals surface area contributed by atoms with E-state index in [9.17, 15) is 4.79 Å². The number of hydrogen-bond donors (Lipinski definition) is 0. The Balaban J connectivity index is 2.56. The molecule has 80 valence electrons. The molecule has 0 atom stereocenters. The maximum Gasteiger partial charge on any atom is 0.223 e. The number of rotatable bonds is 1. The lowest BCUT2D eigenvalue weighted by Crippen LogP contribution is -2.26. The van der Waals surface area contributed by atoms with Crippen molar-refractivity contribution < 1.29 is 9.53 Å². The fraction of sp³-hybridized carbons (Fsp3) is 0.364. The Kier molecular flexibility index (Phi) is 2.69. The van der Waals surface area contributed by atoms with Gasteiger partial charge in [-0.1, -0.05) is 0 Å². The van der Waals surface area contributed by atoms with Gasteiger partial charge in [0.05, 0.1) is 12.8 Å². The van der Waals surface area contributed by atoms with Crippen LogP contribution in [0.3, 0.4) is 0 Å². The molecule has 0 aromatic heterocycles. The SMILES string of the molecule is COc1ccc(Br)c2c1CCN2C(C)=O. The van der Waals surface area contributed by atoms with E-state index in [0.29, 0.717) is 0 Å². The van der Waals surface area contributed by atoms with Crippen LogP contribution in [0, 0.1) is 0 Å². The van der Waals surface area contributed by atoms with Crippen molar-refractivity contribution in [2.45, 2.75) is 13.3 Å². The van der Waals surface area contributed by atoms with Crippen LogP contribution in [0.15, 0.2) is 16.6 Å². The van der Waals surface area contributed by atoms with Crippen LogP contribution < -0.4 is 9.64 Å². The van der Waals surface area contributed by atoms with Gasteiger partial charge in [-0.15, -0.1) is 0 Å². The molecule has 15 heavy (non-hydrogen) atoms. The zero-order valence-corrected chi connectivity index (χ0v) is 10.3. The summed E-state index contributed by atoms with van der Waals surface area (Å²) in [6.07, 6.45) is 0.859. The minimum Gasteiger partial charge on any atom is -0.496 e. The van der Waals surface area contributed by atoms with Crippen LogP contribution in [0.2, 0.25) is 0 Å². The Morgan fingerprint density at radius 1 is 1.53 bits per heavy atom. The van der Waals surface area contributed by atoms with E-state index in [4.69, 9.17) is 4.74 Å². The number of carbonyl (C=O) groups is 1. The molecule has 1 amide bonds. The van der Waals surface area contributed by atoms with Crippen molar-refractivity contribution in [3.05, 3.63) is 22.2 Å². The Morgan fingerprint density at radius 2 is 2.27 bits per heavy atom. The Labute approximate surface area is 97.2 Å². The van der Waals surface area contributed by atoms with Gasteiger partial charge in [-0.3, -0.25) is 4.79 Å². The highest BCUT2D eigenvalue weighted by molar-refractivity contribution is 9.10. The number of halogens is 1. The molecule has 0 N–H and O–H groups in total. The normalized spacial score (nSPS) is 13.9. The fourth-order valence-electron chi connectivity index (χ4n) is 1.96. The molecule has 0 radical (unpaired) electrons. The molecule has 2 rings (SSSR count). The zero-order chi connectivity index (χ0) is 11.0. The fourth-order valence-corrected chi connectivity index (χ4v) is 2.55. The molecule has 0 saturated heterocycles. The van der Waals surface area contributed by atoms with E-state index in [0.717, 1.165) is 34.4 Å². The number of amides is 1. The van der Waals surface area contributed by atoms with Crippen molar-refractivity contribution in [3.63, 3.8) is 0 Å². The summed E-state index contributed by atoms with van der Waals surface area (Å²) in [5.41, 5.74) is 2.07. The molecule has 0 bridgehead atoms. The van der Waals surface area contributed by atoms with Gasteiger partial charge in [0.2, 0.25) is 5.91 Å². The highest BCUT2D eigenvalue weighted by Crippen LogP contribution is 2.40. The van der Waals surface area contributed by atoms with Gasteiger partial charge in [0.1, 0.15) is 5.75 Å². The van der Waals surface area contributed by atoms with Crippen molar-refractivity contribution in [3.8, 4) is 5.75 Å². The average Bonchev–Trinajstić information content (AvgIpc) is 2.63. The smallest absolute Gasteiger partial charge is 0.223 e. The van der Waals surface area contributed by atoms with Gasteiger partial charge >= 0.3 is 0 Å². The lowest BCUT2D eigenvalue weighted by atomic mass is 10.1. The lowest BCUT2D eigenvalue weighted by Gasteiger charge is -2.17. The summed E-state index contributed by atoms with van der Waals surface area (Å²) in [5.74, 6) is 0.930. The number of carbonyl (C=O) groups excluding carboxylic acids is 1. The molecule has 0 fully saturated rings. The summed E-state index contributed by atoms with van der Waals surface area (Å²) in [7, 11) is 1.65. The zero-order valence-electron chi connectivity index (χ0n) is 8.71. The number of fused-ring (bicyclic) bond motifs is 1. The van der Waals surface area contributed by atoms with Crippen molar-refractivity contribution >= 4 is 27.5 Å². The first-order valence-corrected chi connectivity index (χ1v) is 5.58. The molecule has 1 aromatic carbocycles. The van der Waals surface area contributed by atoms with E-state index >= 15 is 0 Å². The van der Waals surface area contributed by atoms with E-state index in [2.05, 4.69) is 15.9 Å². The standard InChI is InChI=1S/C11H12BrNO2/c1-7(14)13-6-5-8-10(15-2)4-3-9(12)11(8)13/h3-4H,5-6H2,1-2H3. The Hall–Kier alpha value is -1.03. The third kappa shape index (κ3) is 1.63. The van der Waals surface area contributed by atoms with E-state index in [1.165, 1.54) is 0 Å². The van der Waals surface area contributed by atoms with Gasteiger partial charge in [0.15, 0.2) is 0 Å². The van der Waals surface area contributed by atoms with Crippen LogP contribution in [0.25, 0.3) is 0 Å². The van der Waals surface area contributed by atoms with Crippen molar-refractivity contribution in [1.29, 1.82) is 0 Å². The molecule has 0 aliphatic carbocycles. The van der Waals surface area contributed by atoms with Crippen LogP contribution >= 0.6 is 15.9 Å².